The van der Waals surface area contributed by atoms with Crippen molar-refractivity contribution >= 4 is 22.0 Å². The van der Waals surface area contributed by atoms with E-state index in [0.717, 1.165) is 46.3 Å². The minimum absolute atomic E-state index is 0.760. The van der Waals surface area contributed by atoms with Crippen LogP contribution in [0.2, 0.25) is 0 Å². The summed E-state index contributed by atoms with van der Waals surface area (Å²) in [7, 11) is 0. The van der Waals surface area contributed by atoms with E-state index < -0.39 is 0 Å². The maximum atomic E-state index is 5.69. The molecule has 19 heavy (non-hydrogen) atoms. The fraction of sp³-hybridized carbons (Fsp3) is 0.308. The van der Waals surface area contributed by atoms with Gasteiger partial charge in [-0.2, -0.15) is 9.61 Å². The normalized spacial score (nSPS) is 11.2. The van der Waals surface area contributed by atoms with E-state index in [9.17, 15) is 0 Å². The number of hydrogen-bond donors (Lipinski definition) is 1. The van der Waals surface area contributed by atoms with Crippen LogP contribution in [0.4, 0.5) is 5.69 Å². The summed E-state index contributed by atoms with van der Waals surface area (Å²) in [6.45, 7) is 2.17. The molecule has 2 heterocycles. The third-order valence-corrected chi connectivity index (χ3v) is 3.91. The van der Waals surface area contributed by atoms with Gasteiger partial charge in [0.05, 0.1) is 0 Å². The number of unbranched alkanes of at least 4 members (excludes halogenated alkanes) is 1. The van der Waals surface area contributed by atoms with Crippen LogP contribution in [0.3, 0.4) is 0 Å². The molecule has 0 saturated heterocycles. The quantitative estimate of drug-likeness (QED) is 0.742. The predicted molar refractivity (Wildman–Crippen MR) is 77.1 cm³/mol. The van der Waals surface area contributed by atoms with Crippen molar-refractivity contribution in [3.63, 3.8) is 0 Å². The first kappa shape index (κ1) is 12.1. The zero-order valence-corrected chi connectivity index (χ0v) is 11.5. The Morgan fingerprint density at radius 1 is 1.21 bits per heavy atom. The van der Waals surface area contributed by atoms with Crippen molar-refractivity contribution in [1.29, 1.82) is 0 Å². The largest absolute Gasteiger partial charge is 0.399 e. The summed E-state index contributed by atoms with van der Waals surface area (Å²) in [6.07, 6.45) is 3.17. The molecule has 0 aliphatic carbocycles. The molecule has 1 aromatic carbocycles. The number of rotatable bonds is 4. The van der Waals surface area contributed by atoms with Gasteiger partial charge in [0.2, 0.25) is 4.96 Å². The smallest absolute Gasteiger partial charge is 0.234 e. The van der Waals surface area contributed by atoms with Crippen molar-refractivity contribution in [1.82, 2.24) is 19.8 Å². The Hall–Kier alpha value is -1.95. The summed E-state index contributed by atoms with van der Waals surface area (Å²) in [6, 6.07) is 7.73. The van der Waals surface area contributed by atoms with Gasteiger partial charge in [-0.25, -0.2) is 0 Å². The molecule has 0 fully saturated rings. The van der Waals surface area contributed by atoms with E-state index >= 15 is 0 Å². The molecule has 3 rings (SSSR count). The Labute approximate surface area is 115 Å². The van der Waals surface area contributed by atoms with Crippen LogP contribution in [0.5, 0.6) is 0 Å². The van der Waals surface area contributed by atoms with E-state index in [1.165, 1.54) is 0 Å². The summed E-state index contributed by atoms with van der Waals surface area (Å²) in [5, 5.41) is 13.9. The van der Waals surface area contributed by atoms with Crippen molar-refractivity contribution in [2.75, 3.05) is 5.73 Å². The Balaban J connectivity index is 1.97. The molecule has 0 aliphatic rings. The molecular weight excluding hydrogens is 258 g/mol. The Morgan fingerprint density at radius 2 is 2.00 bits per heavy atom. The van der Waals surface area contributed by atoms with Crippen molar-refractivity contribution in [2.24, 2.45) is 0 Å². The molecule has 2 aromatic heterocycles. The molecule has 0 radical (unpaired) electrons. The van der Waals surface area contributed by atoms with E-state index in [-0.39, 0.29) is 0 Å². The number of benzene rings is 1. The standard InChI is InChI=1S/C13H15N5S/c1-2-3-4-11-15-16-13-18(11)17-12(19-13)9-5-7-10(14)8-6-9/h5-8H,2-4,14H2,1H3. The summed E-state index contributed by atoms with van der Waals surface area (Å²) in [5.41, 5.74) is 7.52. The number of fused-ring (bicyclic) bond motifs is 1. The molecule has 0 aliphatic heterocycles. The van der Waals surface area contributed by atoms with Crippen LogP contribution in [0.25, 0.3) is 15.5 Å². The van der Waals surface area contributed by atoms with Gasteiger partial charge in [-0.05, 0) is 30.7 Å². The highest BCUT2D eigenvalue weighted by molar-refractivity contribution is 7.19. The van der Waals surface area contributed by atoms with Gasteiger partial charge in [0.15, 0.2) is 5.82 Å². The molecule has 0 amide bonds. The Kier molecular flexibility index (Phi) is 3.16. The molecule has 0 unspecified atom stereocenters. The van der Waals surface area contributed by atoms with Crippen LogP contribution in [0.1, 0.15) is 25.6 Å². The topological polar surface area (TPSA) is 69.1 Å². The van der Waals surface area contributed by atoms with Crippen molar-refractivity contribution in [3.8, 4) is 10.6 Å². The number of aromatic nitrogens is 4. The lowest BCUT2D eigenvalue weighted by Gasteiger charge is -1.96. The highest BCUT2D eigenvalue weighted by atomic mass is 32.1. The van der Waals surface area contributed by atoms with Crippen LogP contribution < -0.4 is 5.73 Å². The summed E-state index contributed by atoms with van der Waals surface area (Å²) in [4.78, 5) is 0.845. The minimum Gasteiger partial charge on any atom is -0.399 e. The number of aryl methyl sites for hydroxylation is 1. The second-order valence-corrected chi connectivity index (χ2v) is 5.40. The van der Waals surface area contributed by atoms with E-state index in [0.29, 0.717) is 0 Å². The maximum Gasteiger partial charge on any atom is 0.234 e. The molecule has 3 aromatic rings. The lowest BCUT2D eigenvalue weighted by molar-refractivity contribution is 0.723. The van der Waals surface area contributed by atoms with Crippen LogP contribution in [-0.2, 0) is 6.42 Å². The number of hydrogen-bond acceptors (Lipinski definition) is 5. The monoisotopic (exact) mass is 273 g/mol. The molecule has 0 saturated carbocycles. The molecule has 2 N–H and O–H groups in total. The molecule has 0 atom stereocenters. The highest BCUT2D eigenvalue weighted by Gasteiger charge is 2.12. The average molecular weight is 273 g/mol. The van der Waals surface area contributed by atoms with Crippen LogP contribution >= 0.6 is 11.3 Å². The van der Waals surface area contributed by atoms with Gasteiger partial charge in [-0.15, -0.1) is 10.2 Å². The lowest BCUT2D eigenvalue weighted by Crippen LogP contribution is -1.96. The minimum atomic E-state index is 0.760. The second-order valence-electron chi connectivity index (χ2n) is 4.44. The van der Waals surface area contributed by atoms with Gasteiger partial charge in [0.25, 0.3) is 0 Å². The molecule has 0 bridgehead atoms. The van der Waals surface area contributed by atoms with Gasteiger partial charge in [0, 0.05) is 17.7 Å². The first-order chi connectivity index (χ1) is 9.28. The van der Waals surface area contributed by atoms with E-state index in [1.807, 2.05) is 28.8 Å². The van der Waals surface area contributed by atoms with Crippen molar-refractivity contribution < 1.29 is 0 Å². The van der Waals surface area contributed by atoms with Gasteiger partial charge < -0.3 is 5.73 Å². The fourth-order valence-corrected chi connectivity index (χ4v) is 2.75. The first-order valence-corrected chi connectivity index (χ1v) is 7.16. The second kappa shape index (κ2) is 4.97. The number of nitrogen functional groups attached to an aromatic ring is 1. The number of nitrogens with two attached hydrogens (primary N) is 1. The zero-order chi connectivity index (χ0) is 13.2. The molecular formula is C13H15N5S. The van der Waals surface area contributed by atoms with Crippen molar-refractivity contribution in [2.45, 2.75) is 26.2 Å². The molecule has 6 heteroatoms. The lowest BCUT2D eigenvalue weighted by atomic mass is 10.2. The number of nitrogens with zero attached hydrogens (tertiary/aromatic N) is 4. The third-order valence-electron chi connectivity index (χ3n) is 2.97. The van der Waals surface area contributed by atoms with Crippen molar-refractivity contribution in [3.05, 3.63) is 30.1 Å². The Morgan fingerprint density at radius 3 is 2.74 bits per heavy atom. The Bertz CT molecular complexity index is 683. The van der Waals surface area contributed by atoms with Crippen LogP contribution in [-0.4, -0.2) is 19.8 Å². The van der Waals surface area contributed by atoms with Crippen LogP contribution in [0, 0.1) is 0 Å². The number of anilines is 1. The fourth-order valence-electron chi connectivity index (χ4n) is 1.89. The van der Waals surface area contributed by atoms with Crippen LogP contribution in [0.15, 0.2) is 24.3 Å². The van der Waals surface area contributed by atoms with E-state index in [2.05, 4.69) is 22.2 Å². The van der Waals surface area contributed by atoms with E-state index in [1.54, 1.807) is 11.3 Å². The SMILES string of the molecule is CCCCc1nnc2sc(-c3ccc(N)cc3)nn12. The third kappa shape index (κ3) is 2.31. The molecule has 5 nitrogen and oxygen atoms in total. The first-order valence-electron chi connectivity index (χ1n) is 6.35. The average Bonchev–Trinajstić information content (AvgIpc) is 2.98. The van der Waals surface area contributed by atoms with Gasteiger partial charge in [-0.1, -0.05) is 24.7 Å². The maximum absolute atomic E-state index is 5.69. The highest BCUT2D eigenvalue weighted by Crippen LogP contribution is 2.26. The summed E-state index contributed by atoms with van der Waals surface area (Å²) < 4.78 is 1.85. The summed E-state index contributed by atoms with van der Waals surface area (Å²) >= 11 is 1.55. The molecule has 98 valence electrons. The zero-order valence-electron chi connectivity index (χ0n) is 10.7. The summed E-state index contributed by atoms with van der Waals surface area (Å²) in [5.74, 6) is 0.940. The molecule has 0 spiro atoms. The predicted octanol–water partition coefficient (Wildman–Crippen LogP) is 2.78. The van der Waals surface area contributed by atoms with Gasteiger partial charge in [-0.3, -0.25) is 0 Å². The van der Waals surface area contributed by atoms with E-state index in [4.69, 9.17) is 5.73 Å². The van der Waals surface area contributed by atoms with Gasteiger partial charge in [0.1, 0.15) is 5.01 Å². The van der Waals surface area contributed by atoms with Gasteiger partial charge >= 0.3 is 0 Å².